The maximum absolute atomic E-state index is 11.7. The van der Waals surface area contributed by atoms with Crippen LogP contribution in [0.2, 0.25) is 0 Å². The molecule has 2 aromatic rings. The number of aryl methyl sites for hydroxylation is 1. The number of fused-ring (bicyclic) bond motifs is 1. The van der Waals surface area contributed by atoms with Crippen LogP contribution in [0.15, 0.2) is 27.4 Å². The van der Waals surface area contributed by atoms with Crippen LogP contribution in [0.25, 0.3) is 11.1 Å². The molecule has 1 unspecified atom stereocenters. The lowest BCUT2D eigenvalue weighted by molar-refractivity contribution is 0.502. The first-order valence-electron chi connectivity index (χ1n) is 6.59. The first-order valence-corrected chi connectivity index (χ1v) is 6.59. The lowest BCUT2D eigenvalue weighted by atomic mass is 10.0. The summed E-state index contributed by atoms with van der Waals surface area (Å²) in [5, 5.41) is 0. The second-order valence-corrected chi connectivity index (χ2v) is 5.11. The molecule has 1 aromatic heterocycles. The van der Waals surface area contributed by atoms with Crippen molar-refractivity contribution < 1.29 is 4.42 Å². The van der Waals surface area contributed by atoms with Gasteiger partial charge in [-0.1, -0.05) is 13.0 Å². The molecule has 3 rings (SSSR count). The fraction of sp³-hybridized carbons (Fsp3) is 0.500. The Kier molecular flexibility index (Phi) is 2.74. The molecule has 96 valence electrons. The number of benzene rings is 1. The molecule has 0 spiro atoms. The second kappa shape index (κ2) is 4.28. The van der Waals surface area contributed by atoms with Gasteiger partial charge < -0.3 is 10.2 Å². The molecule has 1 saturated carbocycles. The van der Waals surface area contributed by atoms with Gasteiger partial charge in [-0.05, 0) is 42.9 Å². The van der Waals surface area contributed by atoms with E-state index >= 15 is 0 Å². The van der Waals surface area contributed by atoms with E-state index in [2.05, 4.69) is 0 Å². The largest absolute Gasteiger partial charge is 0.419 e. The van der Waals surface area contributed by atoms with Crippen molar-refractivity contribution in [2.45, 2.75) is 38.8 Å². The molecule has 0 aliphatic heterocycles. The van der Waals surface area contributed by atoms with E-state index in [4.69, 9.17) is 10.2 Å². The third-order valence-corrected chi connectivity index (χ3v) is 3.65. The molecule has 1 aliphatic carbocycles. The second-order valence-electron chi connectivity index (χ2n) is 5.11. The minimum Gasteiger partial charge on any atom is -0.408 e. The zero-order chi connectivity index (χ0) is 12.7. The van der Waals surface area contributed by atoms with Crippen LogP contribution in [0, 0.1) is 5.92 Å². The summed E-state index contributed by atoms with van der Waals surface area (Å²) < 4.78 is 6.98. The third-order valence-electron chi connectivity index (χ3n) is 3.65. The fourth-order valence-corrected chi connectivity index (χ4v) is 2.45. The third kappa shape index (κ3) is 1.86. The first-order chi connectivity index (χ1) is 8.70. The van der Waals surface area contributed by atoms with Crippen molar-refractivity contribution in [3.8, 4) is 0 Å². The summed E-state index contributed by atoms with van der Waals surface area (Å²) in [6.07, 6.45) is 3.33. The van der Waals surface area contributed by atoms with Gasteiger partial charge in [0.15, 0.2) is 5.58 Å². The van der Waals surface area contributed by atoms with Gasteiger partial charge in [0.05, 0.1) is 5.52 Å². The molecule has 0 radical (unpaired) electrons. The summed E-state index contributed by atoms with van der Waals surface area (Å²) in [7, 11) is 0. The van der Waals surface area contributed by atoms with Crippen molar-refractivity contribution in [1.82, 2.24) is 4.57 Å². The van der Waals surface area contributed by atoms with Gasteiger partial charge in [-0.3, -0.25) is 4.57 Å². The minimum atomic E-state index is -0.274. The maximum atomic E-state index is 11.7. The van der Waals surface area contributed by atoms with Crippen molar-refractivity contribution >= 4 is 11.1 Å². The Morgan fingerprint density at radius 3 is 2.94 bits per heavy atom. The normalized spacial score (nSPS) is 17.2. The summed E-state index contributed by atoms with van der Waals surface area (Å²) in [5.74, 6) is 0.330. The molecule has 1 heterocycles. The molecule has 4 nitrogen and oxygen atoms in total. The molecule has 18 heavy (non-hydrogen) atoms. The molecule has 4 heteroatoms. The Morgan fingerprint density at radius 2 is 2.28 bits per heavy atom. The lowest BCUT2D eigenvalue weighted by Gasteiger charge is -2.10. The van der Waals surface area contributed by atoms with Crippen LogP contribution in [0.4, 0.5) is 0 Å². The highest BCUT2D eigenvalue weighted by Gasteiger charge is 2.29. The Labute approximate surface area is 105 Å². The van der Waals surface area contributed by atoms with E-state index < -0.39 is 0 Å². The molecule has 0 bridgehead atoms. The monoisotopic (exact) mass is 246 g/mol. The van der Waals surface area contributed by atoms with Crippen LogP contribution in [0.1, 0.15) is 37.8 Å². The van der Waals surface area contributed by atoms with Crippen molar-refractivity contribution in [1.29, 1.82) is 0 Å². The van der Waals surface area contributed by atoms with E-state index in [1.807, 2.05) is 25.1 Å². The molecule has 1 aliphatic rings. The average molecular weight is 246 g/mol. The summed E-state index contributed by atoms with van der Waals surface area (Å²) in [6.45, 7) is 2.74. The fourth-order valence-electron chi connectivity index (χ4n) is 2.45. The zero-order valence-corrected chi connectivity index (χ0v) is 10.6. The van der Waals surface area contributed by atoms with Gasteiger partial charge in [-0.25, -0.2) is 4.79 Å². The predicted molar refractivity (Wildman–Crippen MR) is 70.4 cm³/mol. The Balaban J connectivity index is 2.04. The van der Waals surface area contributed by atoms with Gasteiger partial charge in [0.25, 0.3) is 0 Å². The summed E-state index contributed by atoms with van der Waals surface area (Å²) in [5.41, 5.74) is 8.76. The maximum Gasteiger partial charge on any atom is 0.419 e. The predicted octanol–water partition coefficient (Wildman–Crippen LogP) is 2.41. The van der Waals surface area contributed by atoms with Crippen LogP contribution in [0.3, 0.4) is 0 Å². The number of nitrogens with two attached hydrogens (primary N) is 1. The molecule has 2 N–H and O–H groups in total. The first kappa shape index (κ1) is 11.5. The van der Waals surface area contributed by atoms with Gasteiger partial charge in [0, 0.05) is 12.6 Å². The molecule has 1 fully saturated rings. The molecular weight excluding hydrogens is 228 g/mol. The van der Waals surface area contributed by atoms with Crippen molar-refractivity contribution in [2.75, 3.05) is 0 Å². The van der Waals surface area contributed by atoms with Crippen LogP contribution in [0.5, 0.6) is 0 Å². The highest BCUT2D eigenvalue weighted by atomic mass is 16.4. The number of hydrogen-bond acceptors (Lipinski definition) is 3. The molecule has 1 atom stereocenters. The van der Waals surface area contributed by atoms with Gasteiger partial charge in [0.1, 0.15) is 0 Å². The highest BCUT2D eigenvalue weighted by molar-refractivity contribution is 5.74. The molecule has 0 amide bonds. The smallest absolute Gasteiger partial charge is 0.408 e. The van der Waals surface area contributed by atoms with Gasteiger partial charge >= 0.3 is 5.76 Å². The Hall–Kier alpha value is -1.55. The number of rotatable bonds is 4. The van der Waals surface area contributed by atoms with E-state index in [0.717, 1.165) is 17.5 Å². The summed E-state index contributed by atoms with van der Waals surface area (Å²) in [4.78, 5) is 11.7. The zero-order valence-electron chi connectivity index (χ0n) is 10.6. The molecule has 0 saturated heterocycles. The summed E-state index contributed by atoms with van der Waals surface area (Å²) >= 11 is 0. The van der Waals surface area contributed by atoms with E-state index in [9.17, 15) is 4.79 Å². The van der Waals surface area contributed by atoms with Crippen LogP contribution in [-0.4, -0.2) is 4.57 Å². The Morgan fingerprint density at radius 1 is 1.50 bits per heavy atom. The molecule has 1 aromatic carbocycles. The number of hydrogen-bond donors (Lipinski definition) is 1. The highest BCUT2D eigenvalue weighted by Crippen LogP contribution is 2.39. The minimum absolute atomic E-state index is 0.0780. The summed E-state index contributed by atoms with van der Waals surface area (Å²) in [6, 6.07) is 5.97. The SMILES string of the molecule is CCCn1c(=O)oc2cc(C(N)C3CC3)ccc21. The van der Waals surface area contributed by atoms with Crippen LogP contribution < -0.4 is 11.5 Å². The van der Waals surface area contributed by atoms with Crippen LogP contribution in [-0.2, 0) is 6.54 Å². The van der Waals surface area contributed by atoms with E-state index in [0.29, 0.717) is 18.0 Å². The van der Waals surface area contributed by atoms with E-state index in [1.54, 1.807) is 4.57 Å². The van der Waals surface area contributed by atoms with Gasteiger partial charge in [0.2, 0.25) is 0 Å². The van der Waals surface area contributed by atoms with Crippen molar-refractivity contribution in [2.24, 2.45) is 11.7 Å². The van der Waals surface area contributed by atoms with Crippen molar-refractivity contribution in [3.63, 3.8) is 0 Å². The number of nitrogens with zero attached hydrogens (tertiary/aromatic N) is 1. The van der Waals surface area contributed by atoms with E-state index in [-0.39, 0.29) is 11.8 Å². The quantitative estimate of drug-likeness (QED) is 0.901. The topological polar surface area (TPSA) is 61.2 Å². The number of aromatic nitrogens is 1. The van der Waals surface area contributed by atoms with Gasteiger partial charge in [-0.15, -0.1) is 0 Å². The Bertz CT molecular complexity index is 622. The van der Waals surface area contributed by atoms with Crippen molar-refractivity contribution in [3.05, 3.63) is 34.3 Å². The number of oxazole rings is 1. The molecular formula is C14H18N2O2. The standard InChI is InChI=1S/C14H18N2O2/c1-2-7-16-11-6-5-10(13(15)9-3-4-9)8-12(11)18-14(16)17/h5-6,8-9,13H,2-4,7,15H2,1H3. The van der Waals surface area contributed by atoms with E-state index in [1.165, 1.54) is 12.8 Å². The average Bonchev–Trinajstić information content (AvgIpc) is 3.15. The van der Waals surface area contributed by atoms with Crippen LogP contribution >= 0.6 is 0 Å². The van der Waals surface area contributed by atoms with Gasteiger partial charge in [-0.2, -0.15) is 0 Å². The lowest BCUT2D eigenvalue weighted by Crippen LogP contribution is -2.13.